The van der Waals surface area contributed by atoms with Crippen LogP contribution in [-0.4, -0.2) is 33.8 Å². The topological polar surface area (TPSA) is 120 Å². The van der Waals surface area contributed by atoms with E-state index in [2.05, 4.69) is 15.8 Å². The highest BCUT2D eigenvalue weighted by Gasteiger charge is 2.44. The number of carbonyl (C=O) groups excluding carboxylic acids is 3. The monoisotopic (exact) mass is 467 g/mol. The van der Waals surface area contributed by atoms with Gasteiger partial charge in [0.05, 0.1) is 11.7 Å². The highest BCUT2D eigenvalue weighted by atomic mass is 16.2. The van der Waals surface area contributed by atoms with E-state index in [4.69, 9.17) is 5.73 Å². The Bertz CT molecular complexity index is 1460. The van der Waals surface area contributed by atoms with E-state index in [1.54, 1.807) is 17.9 Å². The number of nitrogens with zero attached hydrogens (tertiary/aromatic N) is 1. The van der Waals surface area contributed by atoms with Gasteiger partial charge in [-0.05, 0) is 37.1 Å². The Hall–Kier alpha value is -4.59. The Kier molecular flexibility index (Phi) is 5.49. The number of benzene rings is 3. The molecule has 0 spiro atoms. The Morgan fingerprint density at radius 2 is 1.66 bits per heavy atom. The smallest absolute Gasteiger partial charge is 0.330 e. The SMILES string of the molecule is Cc1ccc(-c2[nH]c3ccccc3c2C2c3ccccc3C(=O)N2C(C)C(=O)NNC(N)=O)cc1. The number of para-hydroxylation sites is 1. The van der Waals surface area contributed by atoms with Crippen LogP contribution >= 0.6 is 0 Å². The average Bonchev–Trinajstić information content (AvgIpc) is 3.37. The molecule has 5 rings (SSSR count). The van der Waals surface area contributed by atoms with Crippen LogP contribution in [0.3, 0.4) is 0 Å². The quantitative estimate of drug-likeness (QED) is 0.342. The molecule has 0 saturated heterocycles. The van der Waals surface area contributed by atoms with Gasteiger partial charge in [-0.3, -0.25) is 15.0 Å². The second kappa shape index (κ2) is 8.64. The zero-order valence-corrected chi connectivity index (χ0v) is 19.3. The van der Waals surface area contributed by atoms with Gasteiger partial charge < -0.3 is 15.6 Å². The Morgan fingerprint density at radius 3 is 2.40 bits per heavy atom. The minimum Gasteiger partial charge on any atom is -0.354 e. The number of nitrogens with two attached hydrogens (primary N) is 1. The molecule has 3 aromatic carbocycles. The summed E-state index contributed by atoms with van der Waals surface area (Å²) in [6.07, 6.45) is 0. The normalized spacial score (nSPS) is 15.7. The highest BCUT2D eigenvalue weighted by Crippen LogP contribution is 2.46. The van der Waals surface area contributed by atoms with Crippen molar-refractivity contribution in [1.29, 1.82) is 0 Å². The van der Waals surface area contributed by atoms with E-state index in [0.29, 0.717) is 5.56 Å². The van der Waals surface area contributed by atoms with Crippen LogP contribution in [0.4, 0.5) is 4.79 Å². The maximum Gasteiger partial charge on any atom is 0.330 e. The number of nitrogens with one attached hydrogen (secondary N) is 3. The molecule has 4 aromatic rings. The molecule has 0 radical (unpaired) electrons. The average molecular weight is 468 g/mol. The minimum atomic E-state index is -0.897. The lowest BCUT2D eigenvalue weighted by Crippen LogP contribution is -2.53. The number of H-pyrrole nitrogens is 1. The summed E-state index contributed by atoms with van der Waals surface area (Å²) in [6.45, 7) is 3.67. The van der Waals surface area contributed by atoms with Crippen molar-refractivity contribution in [3.8, 4) is 11.3 Å². The molecule has 1 aliphatic rings. The number of aryl methyl sites for hydroxylation is 1. The molecule has 1 aliphatic heterocycles. The Balaban J connectivity index is 1.71. The molecule has 8 nitrogen and oxygen atoms in total. The van der Waals surface area contributed by atoms with Gasteiger partial charge in [-0.25, -0.2) is 10.2 Å². The summed E-state index contributed by atoms with van der Waals surface area (Å²) in [7, 11) is 0. The van der Waals surface area contributed by atoms with Crippen LogP contribution in [0.2, 0.25) is 0 Å². The van der Waals surface area contributed by atoms with E-state index in [-0.39, 0.29) is 5.91 Å². The molecule has 5 N–H and O–H groups in total. The van der Waals surface area contributed by atoms with Gasteiger partial charge in [0, 0.05) is 22.0 Å². The fourth-order valence-corrected chi connectivity index (χ4v) is 4.78. The number of hydrogen-bond donors (Lipinski definition) is 4. The van der Waals surface area contributed by atoms with Gasteiger partial charge in [0.25, 0.3) is 11.8 Å². The van der Waals surface area contributed by atoms with Crippen LogP contribution in [0.15, 0.2) is 72.8 Å². The summed E-state index contributed by atoms with van der Waals surface area (Å²) in [5.74, 6) is -0.806. The van der Waals surface area contributed by atoms with Gasteiger partial charge in [-0.15, -0.1) is 0 Å². The second-order valence-corrected chi connectivity index (χ2v) is 8.68. The van der Waals surface area contributed by atoms with Crippen LogP contribution in [-0.2, 0) is 4.79 Å². The van der Waals surface area contributed by atoms with Gasteiger partial charge in [-0.1, -0.05) is 66.2 Å². The first-order valence-corrected chi connectivity index (χ1v) is 11.3. The third kappa shape index (κ3) is 3.78. The number of primary amides is 1. The number of aromatic amines is 1. The summed E-state index contributed by atoms with van der Waals surface area (Å²) in [6, 6.07) is 21.2. The molecular formula is C27H25N5O3. The molecule has 4 amide bonds. The molecule has 8 heteroatoms. The zero-order valence-electron chi connectivity index (χ0n) is 19.3. The molecule has 2 heterocycles. The second-order valence-electron chi connectivity index (χ2n) is 8.68. The van der Waals surface area contributed by atoms with E-state index in [1.165, 1.54) is 0 Å². The molecule has 0 fully saturated rings. The Labute approximate surface area is 202 Å². The number of carbonyl (C=O) groups is 3. The predicted molar refractivity (Wildman–Crippen MR) is 133 cm³/mol. The van der Waals surface area contributed by atoms with Crippen molar-refractivity contribution in [1.82, 2.24) is 20.7 Å². The van der Waals surface area contributed by atoms with Crippen LogP contribution in [0, 0.1) is 6.92 Å². The molecule has 0 saturated carbocycles. The lowest BCUT2D eigenvalue weighted by Gasteiger charge is -2.31. The standard InChI is InChI=1S/C27H25N5O3/c1-15-11-13-17(14-12-15)23-22(20-9-5-6-10-21(20)29-23)24-18-7-3-4-8-19(18)26(34)32(24)16(2)25(33)30-31-27(28)35/h3-14,16,24,29H,1-2H3,(H,30,33)(H3,28,31,35). The van der Waals surface area contributed by atoms with E-state index < -0.39 is 24.0 Å². The first-order chi connectivity index (χ1) is 16.9. The lowest BCUT2D eigenvalue weighted by molar-refractivity contribution is -0.126. The van der Waals surface area contributed by atoms with E-state index in [1.807, 2.05) is 73.7 Å². The number of amides is 4. The molecule has 35 heavy (non-hydrogen) atoms. The largest absolute Gasteiger partial charge is 0.354 e. The first kappa shape index (κ1) is 22.2. The van der Waals surface area contributed by atoms with E-state index in [9.17, 15) is 14.4 Å². The molecule has 2 atom stereocenters. The van der Waals surface area contributed by atoms with Crippen molar-refractivity contribution in [3.05, 3.63) is 95.1 Å². The maximum absolute atomic E-state index is 13.6. The minimum absolute atomic E-state index is 0.257. The zero-order chi connectivity index (χ0) is 24.7. The summed E-state index contributed by atoms with van der Waals surface area (Å²) < 4.78 is 0. The van der Waals surface area contributed by atoms with Crippen molar-refractivity contribution >= 4 is 28.7 Å². The molecule has 0 bridgehead atoms. The summed E-state index contributed by atoms with van der Waals surface area (Å²) >= 11 is 0. The summed E-state index contributed by atoms with van der Waals surface area (Å²) in [4.78, 5) is 42.8. The van der Waals surface area contributed by atoms with Crippen molar-refractivity contribution in [3.63, 3.8) is 0 Å². The number of urea groups is 1. The van der Waals surface area contributed by atoms with Gasteiger partial charge in [-0.2, -0.15) is 0 Å². The Morgan fingerprint density at radius 1 is 0.971 bits per heavy atom. The summed E-state index contributed by atoms with van der Waals surface area (Å²) in [5, 5.41) is 0.963. The number of hydrogen-bond acceptors (Lipinski definition) is 3. The number of rotatable bonds is 4. The fraction of sp³-hybridized carbons (Fsp3) is 0.148. The van der Waals surface area contributed by atoms with Crippen LogP contribution in [0.5, 0.6) is 0 Å². The molecular weight excluding hydrogens is 442 g/mol. The fourth-order valence-electron chi connectivity index (χ4n) is 4.78. The van der Waals surface area contributed by atoms with Crippen molar-refractivity contribution in [2.75, 3.05) is 0 Å². The van der Waals surface area contributed by atoms with Gasteiger partial charge in [0.15, 0.2) is 0 Å². The van der Waals surface area contributed by atoms with Gasteiger partial charge in [0.2, 0.25) is 0 Å². The third-order valence-electron chi connectivity index (χ3n) is 6.46. The summed E-state index contributed by atoms with van der Waals surface area (Å²) in [5.41, 5.74) is 15.7. The van der Waals surface area contributed by atoms with Crippen LogP contribution in [0.25, 0.3) is 22.2 Å². The predicted octanol–water partition coefficient (Wildman–Crippen LogP) is 3.78. The first-order valence-electron chi connectivity index (χ1n) is 11.3. The lowest BCUT2D eigenvalue weighted by atomic mass is 9.92. The molecule has 2 unspecified atom stereocenters. The van der Waals surface area contributed by atoms with Gasteiger partial charge in [0.1, 0.15) is 6.04 Å². The van der Waals surface area contributed by atoms with Crippen molar-refractivity contribution < 1.29 is 14.4 Å². The number of hydrazine groups is 1. The van der Waals surface area contributed by atoms with Crippen LogP contribution in [0.1, 0.15) is 40.0 Å². The van der Waals surface area contributed by atoms with Gasteiger partial charge >= 0.3 is 6.03 Å². The van der Waals surface area contributed by atoms with Crippen LogP contribution < -0.4 is 16.6 Å². The van der Waals surface area contributed by atoms with Crippen molar-refractivity contribution in [2.24, 2.45) is 5.73 Å². The highest BCUT2D eigenvalue weighted by molar-refractivity contribution is 6.04. The van der Waals surface area contributed by atoms with E-state index >= 15 is 0 Å². The maximum atomic E-state index is 13.6. The number of fused-ring (bicyclic) bond motifs is 2. The van der Waals surface area contributed by atoms with E-state index in [0.717, 1.165) is 38.9 Å². The third-order valence-corrected chi connectivity index (χ3v) is 6.46. The van der Waals surface area contributed by atoms with Crippen molar-refractivity contribution in [2.45, 2.75) is 25.9 Å². The molecule has 1 aromatic heterocycles. The molecule has 176 valence electrons. The molecule has 0 aliphatic carbocycles. The number of aromatic nitrogens is 1.